The number of nitrogens with one attached hydrogen (secondary N) is 2. The Morgan fingerprint density at radius 1 is 1.50 bits per heavy atom. The van der Waals surface area contributed by atoms with Gasteiger partial charge < -0.3 is 5.32 Å². The van der Waals surface area contributed by atoms with Crippen LogP contribution in [0.1, 0.15) is 12.8 Å². The normalized spacial score (nSPS) is 20.2. The van der Waals surface area contributed by atoms with Crippen molar-refractivity contribution < 1.29 is 12.8 Å². The minimum atomic E-state index is -3.85. The molecule has 2 rings (SSSR count). The van der Waals surface area contributed by atoms with Gasteiger partial charge in [-0.2, -0.15) is 0 Å². The highest BCUT2D eigenvalue weighted by molar-refractivity contribution is 7.89. The molecule has 1 aliphatic heterocycles. The Bertz CT molecular complexity index is 530. The Morgan fingerprint density at radius 3 is 2.94 bits per heavy atom. The number of benzene rings is 1. The van der Waals surface area contributed by atoms with E-state index in [-0.39, 0.29) is 17.6 Å². The van der Waals surface area contributed by atoms with E-state index in [0.717, 1.165) is 19.4 Å². The molecule has 1 saturated heterocycles. The summed E-state index contributed by atoms with van der Waals surface area (Å²) in [6.45, 7) is 1.15. The van der Waals surface area contributed by atoms with Crippen LogP contribution in [0.4, 0.5) is 4.39 Å². The van der Waals surface area contributed by atoms with Crippen LogP contribution < -0.4 is 10.0 Å². The van der Waals surface area contributed by atoms with E-state index in [1.807, 2.05) is 0 Å². The molecule has 1 aromatic rings. The summed E-state index contributed by atoms with van der Waals surface area (Å²) in [6.07, 6.45) is 1.94. The lowest BCUT2D eigenvalue weighted by Gasteiger charge is -2.12. The summed E-state index contributed by atoms with van der Waals surface area (Å²) in [5, 5.41) is 2.96. The molecular formula is C11H14ClFN2O2S. The van der Waals surface area contributed by atoms with E-state index >= 15 is 0 Å². The van der Waals surface area contributed by atoms with Crippen molar-refractivity contribution in [2.45, 2.75) is 23.8 Å². The van der Waals surface area contributed by atoms with Crippen molar-refractivity contribution in [1.29, 1.82) is 0 Å². The fraction of sp³-hybridized carbons (Fsp3) is 0.455. The molecule has 2 N–H and O–H groups in total. The third-order valence-corrected chi connectivity index (χ3v) is 4.62. The van der Waals surface area contributed by atoms with Gasteiger partial charge in [-0.15, -0.1) is 0 Å². The SMILES string of the molecule is O=S(=O)(NCC1CCCN1)c1cccc(Cl)c1F. The quantitative estimate of drug-likeness (QED) is 0.884. The second-order valence-corrected chi connectivity index (χ2v) is 6.34. The van der Waals surface area contributed by atoms with Gasteiger partial charge in [0.2, 0.25) is 10.0 Å². The highest BCUT2D eigenvalue weighted by Crippen LogP contribution is 2.21. The average molecular weight is 293 g/mol. The topological polar surface area (TPSA) is 58.2 Å². The van der Waals surface area contributed by atoms with E-state index in [9.17, 15) is 12.8 Å². The predicted octanol–water partition coefficient (Wildman–Crippen LogP) is 1.51. The van der Waals surface area contributed by atoms with E-state index in [2.05, 4.69) is 10.0 Å². The van der Waals surface area contributed by atoms with Crippen LogP contribution in [-0.4, -0.2) is 27.5 Å². The second kappa shape index (κ2) is 5.52. The van der Waals surface area contributed by atoms with Crippen LogP contribution in [0.2, 0.25) is 5.02 Å². The highest BCUT2D eigenvalue weighted by Gasteiger charge is 2.22. The molecule has 1 unspecified atom stereocenters. The molecule has 4 nitrogen and oxygen atoms in total. The van der Waals surface area contributed by atoms with Crippen LogP contribution in [-0.2, 0) is 10.0 Å². The van der Waals surface area contributed by atoms with Crippen molar-refractivity contribution >= 4 is 21.6 Å². The van der Waals surface area contributed by atoms with Crippen molar-refractivity contribution in [3.05, 3.63) is 29.0 Å². The summed E-state index contributed by atoms with van der Waals surface area (Å²) >= 11 is 5.57. The minimum Gasteiger partial charge on any atom is -0.313 e. The summed E-state index contributed by atoms with van der Waals surface area (Å²) in [7, 11) is -3.85. The van der Waals surface area contributed by atoms with Gasteiger partial charge in [-0.25, -0.2) is 17.5 Å². The fourth-order valence-electron chi connectivity index (χ4n) is 1.91. The second-order valence-electron chi connectivity index (χ2n) is 4.20. The first-order valence-electron chi connectivity index (χ1n) is 5.68. The van der Waals surface area contributed by atoms with Gasteiger partial charge in [0, 0.05) is 12.6 Å². The molecule has 18 heavy (non-hydrogen) atoms. The molecule has 1 fully saturated rings. The van der Waals surface area contributed by atoms with E-state index in [0.29, 0.717) is 0 Å². The summed E-state index contributed by atoms with van der Waals surface area (Å²) in [6, 6.07) is 4.04. The molecule has 0 aliphatic carbocycles. The zero-order chi connectivity index (χ0) is 13.2. The van der Waals surface area contributed by atoms with Crippen molar-refractivity contribution in [1.82, 2.24) is 10.0 Å². The number of sulfonamides is 1. The van der Waals surface area contributed by atoms with Gasteiger partial charge in [-0.3, -0.25) is 0 Å². The van der Waals surface area contributed by atoms with Crippen LogP contribution >= 0.6 is 11.6 Å². The lowest BCUT2D eigenvalue weighted by atomic mass is 10.2. The maximum absolute atomic E-state index is 13.6. The van der Waals surface area contributed by atoms with Crippen LogP contribution in [0, 0.1) is 5.82 Å². The Kier molecular flexibility index (Phi) is 4.21. The van der Waals surface area contributed by atoms with Gasteiger partial charge in [-0.1, -0.05) is 17.7 Å². The third-order valence-electron chi connectivity index (χ3n) is 2.89. The molecular weight excluding hydrogens is 279 g/mol. The van der Waals surface area contributed by atoms with Gasteiger partial charge in [0.05, 0.1) is 5.02 Å². The molecule has 0 amide bonds. The summed E-state index contributed by atoms with van der Waals surface area (Å²) < 4.78 is 39.9. The molecule has 100 valence electrons. The van der Waals surface area contributed by atoms with E-state index in [1.165, 1.54) is 18.2 Å². The van der Waals surface area contributed by atoms with Crippen molar-refractivity contribution in [2.24, 2.45) is 0 Å². The van der Waals surface area contributed by atoms with E-state index in [4.69, 9.17) is 11.6 Å². The molecule has 0 bridgehead atoms. The number of hydrogen-bond acceptors (Lipinski definition) is 3. The monoisotopic (exact) mass is 292 g/mol. The minimum absolute atomic E-state index is 0.113. The standard InChI is InChI=1S/C11H14ClFN2O2S/c12-9-4-1-5-10(11(9)13)18(16,17)15-7-8-3-2-6-14-8/h1,4-5,8,14-15H,2-3,6-7H2. The molecule has 1 heterocycles. The van der Waals surface area contributed by atoms with Crippen LogP contribution in [0.3, 0.4) is 0 Å². The van der Waals surface area contributed by atoms with Crippen molar-refractivity contribution in [3.8, 4) is 0 Å². The van der Waals surface area contributed by atoms with Gasteiger partial charge in [0.25, 0.3) is 0 Å². The molecule has 1 aliphatic rings. The number of rotatable bonds is 4. The molecule has 0 radical (unpaired) electrons. The molecule has 0 spiro atoms. The first-order chi connectivity index (χ1) is 8.50. The van der Waals surface area contributed by atoms with Gasteiger partial charge in [0.15, 0.2) is 5.82 Å². The molecule has 1 aromatic carbocycles. The lowest BCUT2D eigenvalue weighted by molar-refractivity contribution is 0.539. The third kappa shape index (κ3) is 3.00. The number of hydrogen-bond donors (Lipinski definition) is 2. The first-order valence-corrected chi connectivity index (χ1v) is 7.54. The van der Waals surface area contributed by atoms with Crippen molar-refractivity contribution in [3.63, 3.8) is 0 Å². The van der Waals surface area contributed by atoms with E-state index in [1.54, 1.807) is 0 Å². The van der Waals surface area contributed by atoms with Crippen molar-refractivity contribution in [2.75, 3.05) is 13.1 Å². The Balaban J connectivity index is 2.12. The first kappa shape index (κ1) is 13.7. The summed E-state index contributed by atoms with van der Waals surface area (Å²) in [5.74, 6) is -0.911. The molecule has 1 atom stereocenters. The lowest BCUT2D eigenvalue weighted by Crippen LogP contribution is -2.37. The van der Waals surface area contributed by atoms with Crippen LogP contribution in [0.5, 0.6) is 0 Å². The molecule has 7 heteroatoms. The van der Waals surface area contributed by atoms with Crippen LogP contribution in [0.25, 0.3) is 0 Å². The Morgan fingerprint density at radius 2 is 2.28 bits per heavy atom. The number of halogens is 2. The maximum atomic E-state index is 13.6. The fourth-order valence-corrected chi connectivity index (χ4v) is 3.32. The average Bonchev–Trinajstić information content (AvgIpc) is 2.83. The van der Waals surface area contributed by atoms with Gasteiger partial charge in [-0.05, 0) is 31.5 Å². The molecule has 0 aromatic heterocycles. The van der Waals surface area contributed by atoms with Crippen LogP contribution in [0.15, 0.2) is 23.1 Å². The Hall–Kier alpha value is -0.690. The van der Waals surface area contributed by atoms with E-state index < -0.39 is 20.7 Å². The Labute approximate surface area is 111 Å². The zero-order valence-corrected chi connectivity index (χ0v) is 11.2. The maximum Gasteiger partial charge on any atom is 0.243 e. The van der Waals surface area contributed by atoms with Gasteiger partial charge in [0.1, 0.15) is 4.90 Å². The highest BCUT2D eigenvalue weighted by atomic mass is 35.5. The smallest absolute Gasteiger partial charge is 0.243 e. The largest absolute Gasteiger partial charge is 0.313 e. The summed E-state index contributed by atoms with van der Waals surface area (Å²) in [5.41, 5.74) is 0. The predicted molar refractivity (Wildman–Crippen MR) is 67.6 cm³/mol. The zero-order valence-electron chi connectivity index (χ0n) is 9.62. The summed E-state index contributed by atoms with van der Waals surface area (Å²) in [4.78, 5) is -0.409. The molecule has 0 saturated carbocycles. The van der Waals surface area contributed by atoms with Gasteiger partial charge >= 0.3 is 0 Å².